The average molecular weight is 209 g/mol. The maximum Gasteiger partial charge on any atom is 0.155 e. The number of aliphatic hydroxyl groups is 4. The predicted molar refractivity (Wildman–Crippen MR) is 41.8 cm³/mol. The molecule has 0 aromatic carbocycles. The van der Waals surface area contributed by atoms with Gasteiger partial charge in [0, 0.05) is 0 Å². The Morgan fingerprint density at radius 3 is 2.21 bits per heavy atom. The normalized spacial score (nSPS) is 19.1. The molecule has 4 N–H and O–H groups in total. The minimum Gasteiger partial charge on any atom is -0.387 e. The van der Waals surface area contributed by atoms with E-state index in [0.29, 0.717) is 0 Å². The highest BCUT2D eigenvalue weighted by atomic mass is 16.7. The van der Waals surface area contributed by atoms with Crippen molar-refractivity contribution in [3.8, 4) is 0 Å². The first kappa shape index (κ1) is 12.9. The Hall–Kier alpha value is -1.09. The number of aliphatic hydroxyl groups excluding tert-OH is 4. The molecule has 0 saturated carbocycles. The second-order valence-electron chi connectivity index (χ2n) is 2.55. The van der Waals surface area contributed by atoms with Gasteiger partial charge >= 0.3 is 0 Å². The van der Waals surface area contributed by atoms with Gasteiger partial charge in [0.1, 0.15) is 31.0 Å². The van der Waals surface area contributed by atoms with Gasteiger partial charge in [-0.3, -0.25) is 0 Å². The van der Waals surface area contributed by atoms with Gasteiger partial charge in [-0.05, 0) is 0 Å². The van der Waals surface area contributed by atoms with E-state index in [-0.39, 0.29) is 6.29 Å². The maximum absolute atomic E-state index is 9.98. The third kappa shape index (κ3) is 3.75. The fraction of sp³-hybridized carbons (Fsp3) is 0.833. The number of rotatable bonds is 7. The first-order valence-electron chi connectivity index (χ1n) is 3.66. The van der Waals surface area contributed by atoms with Crippen LogP contribution in [0.4, 0.5) is 0 Å². The summed E-state index contributed by atoms with van der Waals surface area (Å²) in [5, 5.41) is 37.8. The lowest BCUT2D eigenvalue weighted by Gasteiger charge is -2.22. The summed E-state index contributed by atoms with van der Waals surface area (Å²) in [6.07, 6.45) is -7.10. The molecule has 0 aliphatic carbocycles. The number of hydrogen-bond donors (Lipinski definition) is 4. The molecular formula is C6H11NO7. The van der Waals surface area contributed by atoms with Crippen LogP contribution in [0.15, 0.2) is 5.34 Å². The first-order chi connectivity index (χ1) is 6.54. The lowest BCUT2D eigenvalue weighted by Crippen LogP contribution is -2.46. The van der Waals surface area contributed by atoms with Gasteiger partial charge in [0.2, 0.25) is 0 Å². The van der Waals surface area contributed by atoms with Crippen molar-refractivity contribution in [2.24, 2.45) is 5.34 Å². The molecule has 0 aliphatic rings. The molecule has 14 heavy (non-hydrogen) atoms. The molecule has 0 aromatic rings. The van der Waals surface area contributed by atoms with Crippen molar-refractivity contribution in [2.45, 2.75) is 24.4 Å². The molecule has 0 heterocycles. The maximum atomic E-state index is 9.98. The van der Waals surface area contributed by atoms with Gasteiger partial charge in [0.25, 0.3) is 0 Å². The van der Waals surface area contributed by atoms with Crippen molar-refractivity contribution in [3.05, 3.63) is 4.91 Å². The number of aldehydes is 1. The molecule has 0 radical (unpaired) electrons. The van der Waals surface area contributed by atoms with E-state index in [9.17, 15) is 9.70 Å². The Morgan fingerprint density at radius 2 is 1.79 bits per heavy atom. The van der Waals surface area contributed by atoms with Crippen LogP contribution in [-0.4, -0.2) is 57.7 Å². The first-order valence-corrected chi connectivity index (χ1v) is 3.66. The summed E-state index contributed by atoms with van der Waals surface area (Å²) in [6, 6.07) is 0. The summed E-state index contributed by atoms with van der Waals surface area (Å²) in [7, 11) is 0. The van der Waals surface area contributed by atoms with Crippen LogP contribution in [0.2, 0.25) is 0 Å². The molecule has 0 aliphatic heterocycles. The molecule has 0 fully saturated rings. The van der Waals surface area contributed by atoms with Crippen LogP contribution in [0, 0.1) is 4.91 Å². The van der Waals surface area contributed by atoms with Crippen molar-refractivity contribution < 1.29 is 30.1 Å². The Balaban J connectivity index is 4.08. The van der Waals surface area contributed by atoms with Gasteiger partial charge in [0.05, 0.1) is 0 Å². The van der Waals surface area contributed by atoms with Gasteiger partial charge in [-0.15, -0.1) is 4.91 Å². The summed E-state index contributed by atoms with van der Waals surface area (Å²) >= 11 is 0. The van der Waals surface area contributed by atoms with Crippen LogP contribution in [0.25, 0.3) is 0 Å². The fourth-order valence-electron chi connectivity index (χ4n) is 0.716. The predicted octanol–water partition coefficient (Wildman–Crippen LogP) is -2.67. The van der Waals surface area contributed by atoms with Crippen molar-refractivity contribution in [1.29, 1.82) is 0 Å². The summed E-state index contributed by atoms with van der Waals surface area (Å²) < 4.78 is 0. The van der Waals surface area contributed by atoms with E-state index in [4.69, 9.17) is 20.4 Å². The quantitative estimate of drug-likeness (QED) is 0.204. The molecule has 4 atom stereocenters. The largest absolute Gasteiger partial charge is 0.387 e. The highest BCUT2D eigenvalue weighted by molar-refractivity contribution is 5.56. The highest BCUT2D eigenvalue weighted by Gasteiger charge is 2.30. The molecule has 0 unspecified atom stereocenters. The molecule has 0 aromatic heterocycles. The molecule has 82 valence electrons. The molecule has 8 heteroatoms. The number of carbonyl (C=O) groups is 1. The van der Waals surface area contributed by atoms with Crippen LogP contribution in [0.3, 0.4) is 0 Å². The Labute approximate surface area is 78.7 Å². The second kappa shape index (κ2) is 6.38. The van der Waals surface area contributed by atoms with E-state index in [0.717, 1.165) is 0 Å². The molecule has 0 rings (SSSR count). The summed E-state index contributed by atoms with van der Waals surface area (Å²) in [4.78, 5) is 23.3. The minimum absolute atomic E-state index is 0.000558. The van der Waals surface area contributed by atoms with Crippen LogP contribution >= 0.6 is 0 Å². The van der Waals surface area contributed by atoms with E-state index < -0.39 is 31.0 Å². The smallest absolute Gasteiger partial charge is 0.155 e. The molecule has 0 bridgehead atoms. The third-order valence-electron chi connectivity index (χ3n) is 1.53. The van der Waals surface area contributed by atoms with Crippen molar-refractivity contribution in [3.63, 3.8) is 0 Å². The van der Waals surface area contributed by atoms with Crippen LogP contribution in [0.1, 0.15) is 0 Å². The van der Waals surface area contributed by atoms with Crippen molar-refractivity contribution in [1.82, 2.24) is 0 Å². The van der Waals surface area contributed by atoms with E-state index in [1.54, 1.807) is 0 Å². The van der Waals surface area contributed by atoms with Gasteiger partial charge in [-0.1, -0.05) is 0 Å². The van der Waals surface area contributed by atoms with Gasteiger partial charge in [-0.25, -0.2) is 0 Å². The summed E-state index contributed by atoms with van der Waals surface area (Å²) in [5.74, 6) is 0. The number of hydrogen-bond acceptors (Lipinski definition) is 8. The average Bonchev–Trinajstić information content (AvgIpc) is 2.22. The number of carbonyl (C=O) groups excluding carboxylic acids is 1. The van der Waals surface area contributed by atoms with E-state index in [2.05, 4.69) is 4.84 Å². The minimum atomic E-state index is -1.85. The van der Waals surface area contributed by atoms with E-state index >= 15 is 0 Å². The Kier molecular flexibility index (Phi) is 5.88. The van der Waals surface area contributed by atoms with Crippen LogP contribution in [0.5, 0.6) is 0 Å². The highest BCUT2D eigenvalue weighted by Crippen LogP contribution is 2.04. The van der Waals surface area contributed by atoms with E-state index in [1.165, 1.54) is 0 Å². The standard InChI is InChI=1S/C6H11NO7/c8-1-3(9)5(11)6(12)4(10)2-14-7-13/h1,3-6,9-12H,2H2/t3-,4+,5+,6+/m0/s1. The zero-order valence-electron chi connectivity index (χ0n) is 7.05. The molecule has 8 nitrogen and oxygen atoms in total. The van der Waals surface area contributed by atoms with Gasteiger partial charge < -0.3 is 30.1 Å². The molecular weight excluding hydrogens is 198 g/mol. The molecule has 0 spiro atoms. The van der Waals surface area contributed by atoms with Gasteiger partial charge in [-0.2, -0.15) is 0 Å². The van der Waals surface area contributed by atoms with Crippen LogP contribution in [-0.2, 0) is 9.63 Å². The summed E-state index contributed by atoms with van der Waals surface area (Å²) in [5.41, 5.74) is 0. The van der Waals surface area contributed by atoms with Gasteiger partial charge in [0.15, 0.2) is 11.6 Å². The SMILES string of the molecule is O=C[C@H](O)[C@@H](O)[C@H](O)[C@H](O)CON=O. The van der Waals surface area contributed by atoms with Crippen molar-refractivity contribution >= 4 is 6.29 Å². The lowest BCUT2D eigenvalue weighted by molar-refractivity contribution is -0.138. The Bertz CT molecular complexity index is 187. The number of nitrogens with zero attached hydrogens (tertiary/aromatic N) is 1. The fourth-order valence-corrected chi connectivity index (χ4v) is 0.716. The van der Waals surface area contributed by atoms with Crippen molar-refractivity contribution in [2.75, 3.05) is 6.61 Å². The lowest BCUT2D eigenvalue weighted by atomic mass is 10.0. The topological polar surface area (TPSA) is 137 Å². The molecule has 0 saturated heterocycles. The third-order valence-corrected chi connectivity index (χ3v) is 1.53. The Morgan fingerprint density at radius 1 is 1.21 bits per heavy atom. The second-order valence-corrected chi connectivity index (χ2v) is 2.55. The van der Waals surface area contributed by atoms with E-state index in [1.807, 2.05) is 5.34 Å². The zero-order chi connectivity index (χ0) is 11.1. The molecule has 0 amide bonds. The summed E-state index contributed by atoms with van der Waals surface area (Å²) in [6.45, 7) is -0.646. The van der Waals surface area contributed by atoms with Crippen LogP contribution < -0.4 is 0 Å². The zero-order valence-corrected chi connectivity index (χ0v) is 7.05. The monoisotopic (exact) mass is 209 g/mol.